The second kappa shape index (κ2) is 5.67. The Morgan fingerprint density at radius 3 is 2.67 bits per heavy atom. The van der Waals surface area contributed by atoms with Gasteiger partial charge in [0.1, 0.15) is 25.0 Å². The molecule has 10 heteroatoms. The Bertz CT molecular complexity index is 354. The number of hydrogen-bond acceptors (Lipinski definition) is 7. The molecule has 0 aromatic heterocycles. The summed E-state index contributed by atoms with van der Waals surface area (Å²) in [6, 6.07) is -0.577. The van der Waals surface area contributed by atoms with Crippen LogP contribution in [0.3, 0.4) is 0 Å². The molecule has 2 aliphatic rings. The minimum absolute atomic E-state index is 0. The van der Waals surface area contributed by atoms with Crippen LogP contribution >= 0.6 is 12.4 Å². The van der Waals surface area contributed by atoms with E-state index in [0.717, 1.165) is 4.90 Å². The van der Waals surface area contributed by atoms with Crippen LogP contribution < -0.4 is 11.1 Å². The molecule has 2 heterocycles. The summed E-state index contributed by atoms with van der Waals surface area (Å²) in [5, 5.41) is 30.4. The van der Waals surface area contributed by atoms with E-state index in [1.165, 1.54) is 0 Å². The zero-order valence-electron chi connectivity index (χ0n) is 9.26. The molecule has 104 valence electrons. The molecule has 9 nitrogen and oxygen atoms in total. The zero-order valence-corrected chi connectivity index (χ0v) is 10.1. The van der Waals surface area contributed by atoms with E-state index in [4.69, 9.17) is 15.6 Å². The number of rotatable bonds is 2. The number of carbonyl (C=O) groups is 1. The van der Waals surface area contributed by atoms with Gasteiger partial charge in [0, 0.05) is 0 Å². The van der Waals surface area contributed by atoms with Crippen LogP contribution in [0, 0.1) is 0 Å². The van der Waals surface area contributed by atoms with Crippen LogP contribution in [0.2, 0.25) is 0 Å². The zero-order chi connectivity index (χ0) is 12.6. The lowest BCUT2D eigenvalue weighted by atomic mass is 10.1. The number of amides is 2. The molecular weight excluding hydrogens is 268 g/mol. The summed E-state index contributed by atoms with van der Waals surface area (Å²) in [6.45, 7) is -0.528. The minimum Gasteiger partial charge on any atom is -0.394 e. The first-order valence-electron chi connectivity index (χ1n) is 5.04. The highest BCUT2D eigenvalue weighted by Gasteiger charge is 2.47. The van der Waals surface area contributed by atoms with E-state index in [2.05, 4.69) is 10.3 Å². The van der Waals surface area contributed by atoms with Crippen LogP contribution in [0.25, 0.3) is 0 Å². The average molecular weight is 283 g/mol. The smallest absolute Gasteiger partial charge is 0.327 e. The number of carbonyl (C=O) groups excluding carboxylic acids is 1. The average Bonchev–Trinajstić information content (AvgIpc) is 2.57. The van der Waals surface area contributed by atoms with Crippen molar-refractivity contribution in [3.63, 3.8) is 0 Å². The van der Waals surface area contributed by atoms with Gasteiger partial charge in [0.15, 0.2) is 12.2 Å². The summed E-state index contributed by atoms with van der Waals surface area (Å²) < 4.78 is 5.19. The number of nitrogens with zero attached hydrogens (tertiary/aromatic N) is 2. The predicted octanol–water partition coefficient (Wildman–Crippen LogP) is -2.86. The van der Waals surface area contributed by atoms with Crippen LogP contribution in [0.15, 0.2) is 4.99 Å². The van der Waals surface area contributed by atoms with Crippen molar-refractivity contribution in [3.8, 4) is 0 Å². The Labute approximate surface area is 109 Å². The Morgan fingerprint density at radius 2 is 2.17 bits per heavy atom. The molecule has 0 radical (unpaired) electrons. The van der Waals surface area contributed by atoms with Crippen molar-refractivity contribution in [2.45, 2.75) is 24.5 Å². The van der Waals surface area contributed by atoms with Crippen molar-refractivity contribution < 1.29 is 24.9 Å². The number of guanidine groups is 1. The van der Waals surface area contributed by atoms with Gasteiger partial charge in [-0.1, -0.05) is 0 Å². The van der Waals surface area contributed by atoms with Crippen LogP contribution in [0.5, 0.6) is 0 Å². The number of halogens is 1. The quantitative estimate of drug-likeness (QED) is 0.369. The Morgan fingerprint density at radius 1 is 1.50 bits per heavy atom. The lowest BCUT2D eigenvalue weighted by Crippen LogP contribution is -2.56. The van der Waals surface area contributed by atoms with E-state index in [-0.39, 0.29) is 25.0 Å². The minimum atomic E-state index is -1.30. The van der Waals surface area contributed by atoms with Gasteiger partial charge in [-0.2, -0.15) is 0 Å². The van der Waals surface area contributed by atoms with Crippen molar-refractivity contribution >= 4 is 24.4 Å². The lowest BCUT2D eigenvalue weighted by molar-refractivity contribution is -0.0787. The summed E-state index contributed by atoms with van der Waals surface area (Å²) in [5.41, 5.74) is 5.30. The number of ether oxygens (including phenoxy) is 1. The van der Waals surface area contributed by atoms with Crippen LogP contribution in [-0.4, -0.2) is 70.0 Å². The molecule has 0 spiro atoms. The fourth-order valence-electron chi connectivity index (χ4n) is 1.77. The van der Waals surface area contributed by atoms with E-state index in [1.807, 2.05) is 0 Å². The Balaban J connectivity index is 0.00000162. The highest BCUT2D eigenvalue weighted by Crippen LogP contribution is 2.24. The largest absolute Gasteiger partial charge is 0.394 e. The number of nitrogens with one attached hydrogen (secondary N) is 1. The SMILES string of the molecule is Cl.NC1=NCN([C@@H]2O[C@H](CO)[C@@H](O)[C@H]2O)C(=O)N1. The van der Waals surface area contributed by atoms with Gasteiger partial charge in [-0.3, -0.25) is 10.2 Å². The molecule has 0 aromatic carbocycles. The van der Waals surface area contributed by atoms with E-state index < -0.39 is 37.2 Å². The standard InChI is InChI=1S/C8H14N4O5.ClH/c9-7-10-2-12(8(16)11-7)6-5(15)4(14)3(1-13)17-6;/h3-6,13-15H,1-2H2,(H3,9,10,11,16);1H/t3-,4-,5-,6-;/m1./s1. The van der Waals surface area contributed by atoms with Gasteiger partial charge < -0.3 is 25.8 Å². The number of urea groups is 1. The van der Waals surface area contributed by atoms with Crippen LogP contribution in [0.4, 0.5) is 4.79 Å². The molecule has 0 bridgehead atoms. The molecule has 0 unspecified atom stereocenters. The fourth-order valence-corrected chi connectivity index (χ4v) is 1.77. The molecular formula is C8H15ClN4O5. The summed E-state index contributed by atoms with van der Waals surface area (Å²) in [4.78, 5) is 16.4. The van der Waals surface area contributed by atoms with E-state index in [9.17, 15) is 15.0 Å². The highest BCUT2D eigenvalue weighted by molar-refractivity contribution is 5.96. The van der Waals surface area contributed by atoms with Crippen molar-refractivity contribution in [2.24, 2.45) is 10.7 Å². The van der Waals surface area contributed by atoms with Crippen molar-refractivity contribution in [3.05, 3.63) is 0 Å². The third-order valence-electron chi connectivity index (χ3n) is 2.71. The molecule has 2 aliphatic heterocycles. The maximum Gasteiger partial charge on any atom is 0.327 e. The summed E-state index contributed by atoms with van der Waals surface area (Å²) in [6.07, 6.45) is -4.53. The van der Waals surface area contributed by atoms with E-state index in [0.29, 0.717) is 0 Å². The molecule has 0 aromatic rings. The number of nitrogens with two attached hydrogens (primary N) is 1. The van der Waals surface area contributed by atoms with E-state index >= 15 is 0 Å². The van der Waals surface area contributed by atoms with Gasteiger partial charge >= 0.3 is 6.03 Å². The maximum absolute atomic E-state index is 11.6. The molecule has 4 atom stereocenters. The number of aliphatic hydroxyl groups is 3. The van der Waals surface area contributed by atoms with Gasteiger partial charge in [-0.05, 0) is 0 Å². The van der Waals surface area contributed by atoms with Gasteiger partial charge in [0.2, 0.25) is 0 Å². The normalized spacial score (nSPS) is 35.8. The topological polar surface area (TPSA) is 141 Å². The third-order valence-corrected chi connectivity index (χ3v) is 2.71. The number of aliphatic imine (C=N–C) groups is 1. The van der Waals surface area contributed by atoms with Gasteiger partial charge in [0.25, 0.3) is 0 Å². The second-order valence-corrected chi connectivity index (χ2v) is 3.81. The van der Waals surface area contributed by atoms with Gasteiger partial charge in [-0.15, -0.1) is 12.4 Å². The molecule has 1 saturated heterocycles. The second-order valence-electron chi connectivity index (χ2n) is 3.81. The summed E-state index contributed by atoms with van der Waals surface area (Å²) in [7, 11) is 0. The molecule has 0 aliphatic carbocycles. The predicted molar refractivity (Wildman–Crippen MR) is 61.9 cm³/mol. The maximum atomic E-state index is 11.6. The molecule has 18 heavy (non-hydrogen) atoms. The van der Waals surface area contributed by atoms with Crippen molar-refractivity contribution in [1.82, 2.24) is 10.2 Å². The molecule has 2 rings (SSSR count). The Hall–Kier alpha value is -1.13. The number of aliphatic hydroxyl groups excluding tert-OH is 3. The first-order valence-corrected chi connectivity index (χ1v) is 5.04. The monoisotopic (exact) mass is 282 g/mol. The first-order chi connectivity index (χ1) is 8.04. The molecule has 1 fully saturated rings. The van der Waals surface area contributed by atoms with Crippen molar-refractivity contribution in [2.75, 3.05) is 13.3 Å². The van der Waals surface area contributed by atoms with Gasteiger partial charge in [-0.25, -0.2) is 9.79 Å². The van der Waals surface area contributed by atoms with E-state index in [1.54, 1.807) is 0 Å². The van der Waals surface area contributed by atoms with Gasteiger partial charge in [0.05, 0.1) is 6.61 Å². The van der Waals surface area contributed by atoms with Crippen molar-refractivity contribution in [1.29, 1.82) is 0 Å². The lowest BCUT2D eigenvalue weighted by Gasteiger charge is -2.31. The molecule has 2 amide bonds. The Kier molecular flexibility index (Phi) is 4.71. The fraction of sp³-hybridized carbons (Fsp3) is 0.750. The molecule has 0 saturated carbocycles. The molecule has 6 N–H and O–H groups in total. The number of hydrogen-bond donors (Lipinski definition) is 5. The summed E-state index contributed by atoms with van der Waals surface area (Å²) in [5.74, 6) is -0.0157. The van der Waals surface area contributed by atoms with Crippen LogP contribution in [-0.2, 0) is 4.74 Å². The van der Waals surface area contributed by atoms with Crippen LogP contribution in [0.1, 0.15) is 0 Å². The summed E-state index contributed by atoms with van der Waals surface area (Å²) >= 11 is 0. The first kappa shape index (κ1) is 14.9. The third kappa shape index (κ3) is 2.49. The highest BCUT2D eigenvalue weighted by atomic mass is 35.5.